The Kier molecular flexibility index (Phi) is 7.56. The van der Waals surface area contributed by atoms with Crippen molar-refractivity contribution in [3.05, 3.63) is 11.6 Å². The molecule has 0 aromatic heterocycles. The maximum Gasteiger partial charge on any atom is 0.308 e. The molecular formula is C15H26O3. The van der Waals surface area contributed by atoms with Crippen LogP contribution in [0.1, 0.15) is 48.0 Å². The Hall–Kier alpha value is -1.12. The second kappa shape index (κ2) is 8.06. The minimum Gasteiger partial charge on any atom is -0.461 e. The summed E-state index contributed by atoms with van der Waals surface area (Å²) in [5.74, 6) is 0.0936. The number of ether oxygens (including phenoxy) is 1. The molecule has 0 aliphatic heterocycles. The zero-order valence-electron chi connectivity index (χ0n) is 12.4. The van der Waals surface area contributed by atoms with Gasteiger partial charge in [0.1, 0.15) is 12.4 Å². The molecule has 0 rings (SSSR count). The summed E-state index contributed by atoms with van der Waals surface area (Å²) in [4.78, 5) is 22.1. The van der Waals surface area contributed by atoms with Crippen LogP contribution in [0.3, 0.4) is 0 Å². The Bertz CT molecular complexity index is 303. The molecule has 3 nitrogen and oxygen atoms in total. The summed E-state index contributed by atoms with van der Waals surface area (Å²) in [5, 5.41) is 0. The van der Waals surface area contributed by atoms with Crippen molar-refractivity contribution in [1.82, 2.24) is 0 Å². The van der Waals surface area contributed by atoms with Crippen molar-refractivity contribution < 1.29 is 14.3 Å². The normalized spacial score (nSPS) is 15.7. The molecule has 0 aromatic rings. The van der Waals surface area contributed by atoms with E-state index in [1.807, 2.05) is 47.6 Å². The summed E-state index contributed by atoms with van der Waals surface area (Å²) in [6.45, 7) is 11.7. The number of esters is 1. The number of carbonyl (C=O) groups is 2. The fourth-order valence-electron chi connectivity index (χ4n) is 1.86. The van der Waals surface area contributed by atoms with Gasteiger partial charge in [-0.15, -0.1) is 0 Å². The molecule has 0 unspecified atom stereocenters. The number of hydrogen-bond acceptors (Lipinski definition) is 3. The molecule has 0 aromatic carbocycles. The van der Waals surface area contributed by atoms with E-state index in [1.54, 1.807) is 0 Å². The molecule has 0 heterocycles. The Labute approximate surface area is 111 Å². The van der Waals surface area contributed by atoms with Crippen LogP contribution in [0.15, 0.2) is 11.6 Å². The maximum absolute atomic E-state index is 11.7. The smallest absolute Gasteiger partial charge is 0.308 e. The third-order valence-electron chi connectivity index (χ3n) is 2.85. The third-order valence-corrected chi connectivity index (χ3v) is 2.85. The SMILES string of the molecule is C/C(=C\[C@H](C)[C@H](OC(=O)C(C)C)C(C)C)CC=O. The van der Waals surface area contributed by atoms with E-state index in [-0.39, 0.29) is 29.8 Å². The molecule has 0 saturated carbocycles. The van der Waals surface area contributed by atoms with E-state index in [2.05, 4.69) is 0 Å². The Morgan fingerprint density at radius 2 is 1.72 bits per heavy atom. The van der Waals surface area contributed by atoms with Crippen LogP contribution in [-0.2, 0) is 14.3 Å². The molecule has 0 radical (unpaired) electrons. The molecule has 0 spiro atoms. The van der Waals surface area contributed by atoms with E-state index in [0.717, 1.165) is 11.9 Å². The monoisotopic (exact) mass is 254 g/mol. The minimum absolute atomic E-state index is 0.112. The molecule has 104 valence electrons. The predicted molar refractivity (Wildman–Crippen MR) is 73.2 cm³/mol. The van der Waals surface area contributed by atoms with Crippen molar-refractivity contribution in [1.29, 1.82) is 0 Å². The van der Waals surface area contributed by atoms with Gasteiger partial charge in [-0.3, -0.25) is 4.79 Å². The predicted octanol–water partition coefficient (Wildman–Crippen LogP) is 3.38. The van der Waals surface area contributed by atoms with Crippen molar-refractivity contribution >= 4 is 12.3 Å². The van der Waals surface area contributed by atoms with Gasteiger partial charge in [0.05, 0.1) is 5.92 Å². The van der Waals surface area contributed by atoms with Crippen molar-refractivity contribution in [3.8, 4) is 0 Å². The topological polar surface area (TPSA) is 43.4 Å². The summed E-state index contributed by atoms with van der Waals surface area (Å²) in [6, 6.07) is 0. The lowest BCUT2D eigenvalue weighted by atomic mass is 9.92. The highest BCUT2D eigenvalue weighted by molar-refractivity contribution is 5.71. The molecule has 0 saturated heterocycles. The highest BCUT2D eigenvalue weighted by Gasteiger charge is 2.24. The molecule has 0 fully saturated rings. The van der Waals surface area contributed by atoms with Crippen molar-refractivity contribution in [3.63, 3.8) is 0 Å². The van der Waals surface area contributed by atoms with E-state index in [1.165, 1.54) is 0 Å². The third kappa shape index (κ3) is 5.99. The fourth-order valence-corrected chi connectivity index (χ4v) is 1.86. The lowest BCUT2D eigenvalue weighted by Crippen LogP contribution is -2.31. The Morgan fingerprint density at radius 1 is 1.17 bits per heavy atom. The number of allylic oxidation sites excluding steroid dienone is 1. The minimum atomic E-state index is -0.165. The van der Waals surface area contributed by atoms with Gasteiger partial charge < -0.3 is 9.53 Å². The van der Waals surface area contributed by atoms with Crippen LogP contribution in [0.5, 0.6) is 0 Å². The second-order valence-corrected chi connectivity index (χ2v) is 5.54. The summed E-state index contributed by atoms with van der Waals surface area (Å²) in [6.07, 6.45) is 3.21. The van der Waals surface area contributed by atoms with Crippen molar-refractivity contribution in [2.75, 3.05) is 0 Å². The molecule has 0 amide bonds. The molecule has 18 heavy (non-hydrogen) atoms. The number of carbonyl (C=O) groups excluding carboxylic acids is 2. The van der Waals surface area contributed by atoms with Crippen LogP contribution in [0.25, 0.3) is 0 Å². The van der Waals surface area contributed by atoms with Crippen LogP contribution in [0.2, 0.25) is 0 Å². The first kappa shape index (κ1) is 16.9. The number of rotatable bonds is 7. The largest absolute Gasteiger partial charge is 0.461 e. The van der Waals surface area contributed by atoms with Gasteiger partial charge in [-0.2, -0.15) is 0 Å². The molecule has 2 atom stereocenters. The average molecular weight is 254 g/mol. The van der Waals surface area contributed by atoms with E-state index in [9.17, 15) is 9.59 Å². The fraction of sp³-hybridized carbons (Fsp3) is 0.733. The maximum atomic E-state index is 11.7. The molecule has 3 heteroatoms. The molecule has 0 bridgehead atoms. The highest BCUT2D eigenvalue weighted by Crippen LogP contribution is 2.21. The molecule has 0 aliphatic rings. The molecule has 0 aliphatic carbocycles. The van der Waals surface area contributed by atoms with Gasteiger partial charge in [0.2, 0.25) is 0 Å². The van der Waals surface area contributed by atoms with Crippen molar-refractivity contribution in [2.45, 2.75) is 54.1 Å². The number of aldehydes is 1. The van der Waals surface area contributed by atoms with E-state index >= 15 is 0 Å². The standard InChI is InChI=1S/C15H26O3/c1-10(2)14(18-15(17)11(3)4)13(6)9-12(5)7-8-16/h8-11,13-14H,7H2,1-6H3/b12-9+/t13-,14+/m0/s1. The first-order chi connectivity index (χ1) is 8.29. The van der Waals surface area contributed by atoms with Gasteiger partial charge in [0, 0.05) is 12.3 Å². The summed E-state index contributed by atoms with van der Waals surface area (Å²) in [7, 11) is 0. The summed E-state index contributed by atoms with van der Waals surface area (Å²) < 4.78 is 5.54. The summed E-state index contributed by atoms with van der Waals surface area (Å²) >= 11 is 0. The lowest BCUT2D eigenvalue weighted by molar-refractivity contribution is -0.157. The van der Waals surface area contributed by atoms with Crippen LogP contribution in [0.4, 0.5) is 0 Å². The summed E-state index contributed by atoms with van der Waals surface area (Å²) in [5.41, 5.74) is 1.02. The quantitative estimate of drug-likeness (QED) is 0.397. The zero-order chi connectivity index (χ0) is 14.3. The van der Waals surface area contributed by atoms with Gasteiger partial charge in [-0.05, 0) is 12.8 Å². The first-order valence-corrected chi connectivity index (χ1v) is 6.61. The number of hydrogen-bond donors (Lipinski definition) is 0. The van der Waals surface area contributed by atoms with Crippen LogP contribution < -0.4 is 0 Å². The molecular weight excluding hydrogens is 228 g/mol. The van der Waals surface area contributed by atoms with E-state index in [4.69, 9.17) is 4.74 Å². The van der Waals surface area contributed by atoms with Crippen LogP contribution >= 0.6 is 0 Å². The van der Waals surface area contributed by atoms with Crippen LogP contribution in [-0.4, -0.2) is 18.4 Å². The van der Waals surface area contributed by atoms with Gasteiger partial charge >= 0.3 is 5.97 Å². The lowest BCUT2D eigenvalue weighted by Gasteiger charge is -2.26. The van der Waals surface area contributed by atoms with E-state index < -0.39 is 0 Å². The second-order valence-electron chi connectivity index (χ2n) is 5.54. The Balaban J connectivity index is 4.74. The van der Waals surface area contributed by atoms with Gasteiger partial charge in [-0.1, -0.05) is 46.3 Å². The average Bonchev–Trinajstić information content (AvgIpc) is 2.24. The van der Waals surface area contributed by atoms with Crippen molar-refractivity contribution in [2.24, 2.45) is 17.8 Å². The van der Waals surface area contributed by atoms with E-state index in [0.29, 0.717) is 6.42 Å². The van der Waals surface area contributed by atoms with Gasteiger partial charge in [0.15, 0.2) is 0 Å². The molecule has 0 N–H and O–H groups in total. The van der Waals surface area contributed by atoms with Crippen LogP contribution in [0, 0.1) is 17.8 Å². The van der Waals surface area contributed by atoms with Gasteiger partial charge in [-0.25, -0.2) is 0 Å². The Morgan fingerprint density at radius 3 is 2.11 bits per heavy atom. The highest BCUT2D eigenvalue weighted by atomic mass is 16.5. The zero-order valence-corrected chi connectivity index (χ0v) is 12.4. The van der Waals surface area contributed by atoms with Gasteiger partial charge in [0.25, 0.3) is 0 Å². The first-order valence-electron chi connectivity index (χ1n) is 6.61.